The van der Waals surface area contributed by atoms with E-state index in [0.717, 1.165) is 18.5 Å². The fraction of sp³-hybridized carbons (Fsp3) is 0.385. The van der Waals surface area contributed by atoms with E-state index in [9.17, 15) is 0 Å². The van der Waals surface area contributed by atoms with Gasteiger partial charge in [0.2, 0.25) is 5.89 Å². The molecule has 0 fully saturated rings. The summed E-state index contributed by atoms with van der Waals surface area (Å²) in [6.07, 6.45) is 2.27. The minimum atomic E-state index is 0.529. The summed E-state index contributed by atoms with van der Waals surface area (Å²) >= 11 is 0. The molecule has 0 aliphatic carbocycles. The van der Waals surface area contributed by atoms with Crippen LogP contribution in [0.2, 0.25) is 0 Å². The van der Waals surface area contributed by atoms with Gasteiger partial charge < -0.3 is 14.6 Å². The Hall–Kier alpha value is -2.04. The second kappa shape index (κ2) is 4.33. The molecule has 5 heteroatoms. The number of fused-ring (bicyclic) bond motifs is 1. The van der Waals surface area contributed by atoms with Crippen LogP contribution in [0.4, 0.5) is 11.7 Å². The first-order valence-corrected chi connectivity index (χ1v) is 6.12. The van der Waals surface area contributed by atoms with Gasteiger partial charge in [-0.2, -0.15) is 0 Å². The van der Waals surface area contributed by atoms with E-state index in [2.05, 4.69) is 27.6 Å². The number of hydrogen-bond donors (Lipinski definition) is 1. The third-order valence-electron chi connectivity index (χ3n) is 3.09. The van der Waals surface area contributed by atoms with E-state index < -0.39 is 0 Å². The molecule has 1 aliphatic heterocycles. The topological polar surface area (TPSA) is 54.2 Å². The normalized spacial score (nSPS) is 13.9. The van der Waals surface area contributed by atoms with E-state index in [1.54, 1.807) is 4.90 Å². The molecule has 5 nitrogen and oxygen atoms in total. The lowest BCUT2D eigenvalue weighted by Gasteiger charge is -2.17. The second-order valence-corrected chi connectivity index (χ2v) is 4.69. The number of aryl methyl sites for hydroxylation is 1. The van der Waals surface area contributed by atoms with Crippen molar-refractivity contribution in [2.75, 3.05) is 30.9 Å². The van der Waals surface area contributed by atoms with Crippen molar-refractivity contribution in [3.63, 3.8) is 0 Å². The van der Waals surface area contributed by atoms with Crippen LogP contribution in [0.25, 0.3) is 11.5 Å². The van der Waals surface area contributed by atoms with Crippen molar-refractivity contribution in [1.29, 1.82) is 0 Å². The van der Waals surface area contributed by atoms with Gasteiger partial charge in [0, 0.05) is 31.9 Å². The fourth-order valence-electron chi connectivity index (χ4n) is 2.12. The molecule has 1 aromatic carbocycles. The molecule has 0 saturated carbocycles. The average Bonchev–Trinajstić information content (AvgIpc) is 2.88. The summed E-state index contributed by atoms with van der Waals surface area (Å²) in [6, 6.07) is 6.77. The minimum absolute atomic E-state index is 0.529. The summed E-state index contributed by atoms with van der Waals surface area (Å²) < 4.78 is 5.61. The van der Waals surface area contributed by atoms with Crippen LogP contribution in [0.1, 0.15) is 12.0 Å². The number of anilines is 2. The van der Waals surface area contributed by atoms with Crippen molar-refractivity contribution in [3.8, 4) is 11.5 Å². The molecule has 0 amide bonds. The number of benzene rings is 1. The Kier molecular flexibility index (Phi) is 2.66. The Morgan fingerprint density at radius 3 is 2.94 bits per heavy atom. The van der Waals surface area contributed by atoms with Crippen molar-refractivity contribution in [2.24, 2.45) is 0 Å². The van der Waals surface area contributed by atoms with Gasteiger partial charge in [0.05, 0.1) is 0 Å². The standard InChI is InChI=1S/C13H16N4O/c1-17(2)13-16-15-12(18-13)10-5-6-11-9(8-10)4-3-7-14-11/h5-6,8,14H,3-4,7H2,1-2H3. The highest BCUT2D eigenvalue weighted by Crippen LogP contribution is 2.28. The lowest BCUT2D eigenvalue weighted by molar-refractivity contribution is 0.566. The van der Waals surface area contributed by atoms with Crippen molar-refractivity contribution in [3.05, 3.63) is 23.8 Å². The highest BCUT2D eigenvalue weighted by molar-refractivity contribution is 5.64. The third kappa shape index (κ3) is 1.92. The molecule has 0 saturated heterocycles. The molecule has 2 aromatic rings. The van der Waals surface area contributed by atoms with Gasteiger partial charge in [0.25, 0.3) is 0 Å². The Labute approximate surface area is 106 Å². The molecular formula is C13H16N4O. The van der Waals surface area contributed by atoms with E-state index in [4.69, 9.17) is 4.42 Å². The van der Waals surface area contributed by atoms with Crippen LogP contribution < -0.4 is 10.2 Å². The lowest BCUT2D eigenvalue weighted by Crippen LogP contribution is -2.11. The number of nitrogens with one attached hydrogen (secondary N) is 1. The first-order valence-electron chi connectivity index (χ1n) is 6.12. The predicted octanol–water partition coefficient (Wildman–Crippen LogP) is 2.16. The Balaban J connectivity index is 1.95. The van der Waals surface area contributed by atoms with Gasteiger partial charge in [-0.25, -0.2) is 0 Å². The summed E-state index contributed by atoms with van der Waals surface area (Å²) in [7, 11) is 3.77. The number of rotatable bonds is 2. The fourth-order valence-corrected chi connectivity index (χ4v) is 2.12. The van der Waals surface area contributed by atoms with Crippen LogP contribution in [0.15, 0.2) is 22.6 Å². The van der Waals surface area contributed by atoms with Gasteiger partial charge in [-0.1, -0.05) is 5.10 Å². The van der Waals surface area contributed by atoms with Gasteiger partial charge in [-0.3, -0.25) is 0 Å². The van der Waals surface area contributed by atoms with E-state index in [0.29, 0.717) is 11.9 Å². The van der Waals surface area contributed by atoms with Crippen LogP contribution in [0.5, 0.6) is 0 Å². The maximum absolute atomic E-state index is 5.61. The summed E-state index contributed by atoms with van der Waals surface area (Å²) in [5.74, 6) is 0.576. The zero-order valence-corrected chi connectivity index (χ0v) is 10.6. The highest BCUT2D eigenvalue weighted by atomic mass is 16.4. The van der Waals surface area contributed by atoms with E-state index in [1.165, 1.54) is 17.7 Å². The molecule has 94 valence electrons. The SMILES string of the molecule is CN(C)c1nnc(-c2ccc3c(c2)CCCN3)o1. The van der Waals surface area contributed by atoms with E-state index >= 15 is 0 Å². The Morgan fingerprint density at radius 1 is 1.28 bits per heavy atom. The summed E-state index contributed by atoms with van der Waals surface area (Å²) in [6.45, 7) is 1.05. The molecule has 0 radical (unpaired) electrons. The van der Waals surface area contributed by atoms with Gasteiger partial charge >= 0.3 is 6.01 Å². The van der Waals surface area contributed by atoms with Gasteiger partial charge in [-0.15, -0.1) is 5.10 Å². The zero-order valence-electron chi connectivity index (χ0n) is 10.6. The maximum Gasteiger partial charge on any atom is 0.317 e. The summed E-state index contributed by atoms with van der Waals surface area (Å²) in [5, 5.41) is 11.5. The average molecular weight is 244 g/mol. The molecule has 1 aromatic heterocycles. The van der Waals surface area contributed by atoms with Crippen LogP contribution in [0.3, 0.4) is 0 Å². The predicted molar refractivity (Wildman–Crippen MR) is 70.9 cm³/mol. The Bertz CT molecular complexity index is 562. The maximum atomic E-state index is 5.61. The van der Waals surface area contributed by atoms with Crippen molar-refractivity contribution >= 4 is 11.7 Å². The lowest BCUT2D eigenvalue weighted by atomic mass is 10.0. The molecule has 0 unspecified atom stereocenters. The van der Waals surface area contributed by atoms with Crippen molar-refractivity contribution in [1.82, 2.24) is 10.2 Å². The highest BCUT2D eigenvalue weighted by Gasteiger charge is 2.13. The molecule has 0 bridgehead atoms. The van der Waals surface area contributed by atoms with Gasteiger partial charge in [0.15, 0.2) is 0 Å². The van der Waals surface area contributed by atoms with Crippen molar-refractivity contribution < 1.29 is 4.42 Å². The number of nitrogens with zero attached hydrogens (tertiary/aromatic N) is 3. The quantitative estimate of drug-likeness (QED) is 0.877. The molecule has 1 aliphatic rings. The molecule has 18 heavy (non-hydrogen) atoms. The Morgan fingerprint density at radius 2 is 2.17 bits per heavy atom. The zero-order chi connectivity index (χ0) is 12.5. The van der Waals surface area contributed by atoms with Crippen molar-refractivity contribution in [2.45, 2.75) is 12.8 Å². The van der Waals surface area contributed by atoms with Crippen LogP contribution >= 0.6 is 0 Å². The molecule has 3 rings (SSSR count). The molecule has 2 heterocycles. The summed E-state index contributed by atoms with van der Waals surface area (Å²) in [4.78, 5) is 1.80. The minimum Gasteiger partial charge on any atom is -0.403 e. The van der Waals surface area contributed by atoms with Crippen LogP contribution in [-0.4, -0.2) is 30.8 Å². The molecule has 1 N–H and O–H groups in total. The summed E-state index contributed by atoms with van der Waals surface area (Å²) in [5.41, 5.74) is 3.53. The second-order valence-electron chi connectivity index (χ2n) is 4.69. The molecule has 0 atom stereocenters. The number of aromatic nitrogens is 2. The van der Waals surface area contributed by atoms with Gasteiger partial charge in [-0.05, 0) is 36.6 Å². The van der Waals surface area contributed by atoms with Gasteiger partial charge in [0.1, 0.15) is 0 Å². The van der Waals surface area contributed by atoms with Crippen LogP contribution in [0, 0.1) is 0 Å². The molecular weight excluding hydrogens is 228 g/mol. The first kappa shape index (κ1) is 11.1. The third-order valence-corrected chi connectivity index (χ3v) is 3.09. The smallest absolute Gasteiger partial charge is 0.317 e. The van der Waals surface area contributed by atoms with Crippen LogP contribution in [-0.2, 0) is 6.42 Å². The van der Waals surface area contributed by atoms with E-state index in [-0.39, 0.29) is 0 Å². The monoisotopic (exact) mass is 244 g/mol. The van der Waals surface area contributed by atoms with E-state index in [1.807, 2.05) is 20.2 Å². The number of hydrogen-bond acceptors (Lipinski definition) is 5. The first-order chi connectivity index (χ1) is 8.74. The molecule has 0 spiro atoms. The largest absolute Gasteiger partial charge is 0.403 e.